The van der Waals surface area contributed by atoms with Gasteiger partial charge in [0.25, 0.3) is 0 Å². The molecule has 1 saturated carbocycles. The molecule has 2 rings (SSSR count). The number of esters is 1. The second kappa shape index (κ2) is 2.04. The molecule has 2 heteroatoms. The van der Waals surface area contributed by atoms with E-state index in [9.17, 15) is 4.79 Å². The van der Waals surface area contributed by atoms with Gasteiger partial charge in [0.1, 0.15) is 5.60 Å². The van der Waals surface area contributed by atoms with Crippen LogP contribution in [0.5, 0.6) is 0 Å². The Balaban J connectivity index is 2.37. The van der Waals surface area contributed by atoms with Crippen LogP contribution in [0.4, 0.5) is 0 Å². The summed E-state index contributed by atoms with van der Waals surface area (Å²) in [5, 5.41) is 0. The zero-order valence-corrected chi connectivity index (χ0v) is 8.02. The van der Waals surface area contributed by atoms with E-state index in [1.807, 2.05) is 0 Å². The first-order chi connectivity index (χ1) is 5.46. The number of hydrogen-bond acceptors (Lipinski definition) is 2. The molecule has 0 aromatic carbocycles. The van der Waals surface area contributed by atoms with Crippen molar-refractivity contribution in [1.29, 1.82) is 0 Å². The molecule has 1 aliphatic heterocycles. The third-order valence-electron chi connectivity index (χ3n) is 4.11. The molecule has 0 unspecified atom stereocenters. The van der Waals surface area contributed by atoms with Crippen molar-refractivity contribution in [3.8, 4) is 0 Å². The monoisotopic (exact) mass is 168 g/mol. The molecule has 0 aromatic rings. The summed E-state index contributed by atoms with van der Waals surface area (Å²) in [4.78, 5) is 11.2. The molecule has 2 fully saturated rings. The van der Waals surface area contributed by atoms with E-state index in [1.165, 1.54) is 0 Å². The molecule has 1 aliphatic carbocycles. The minimum Gasteiger partial charge on any atom is -0.459 e. The number of hydrogen-bond donors (Lipinski definition) is 0. The molecule has 2 atom stereocenters. The minimum absolute atomic E-state index is 0.000625. The maximum atomic E-state index is 11.2. The number of carbonyl (C=O) groups excluding carboxylic acids is 1. The van der Waals surface area contributed by atoms with Crippen LogP contribution in [0.15, 0.2) is 0 Å². The molecule has 68 valence electrons. The van der Waals surface area contributed by atoms with E-state index >= 15 is 0 Å². The first kappa shape index (κ1) is 8.09. The number of fused-ring (bicyclic) bond motifs is 2. The average molecular weight is 168 g/mol. The second-order valence-electron chi connectivity index (χ2n) is 4.87. The maximum absolute atomic E-state index is 11.2. The van der Waals surface area contributed by atoms with Gasteiger partial charge in [-0.25, -0.2) is 0 Å². The summed E-state index contributed by atoms with van der Waals surface area (Å²) >= 11 is 0. The van der Waals surface area contributed by atoms with Gasteiger partial charge in [0, 0.05) is 11.8 Å². The first-order valence-electron chi connectivity index (χ1n) is 4.67. The van der Waals surface area contributed by atoms with E-state index in [0.717, 1.165) is 12.8 Å². The van der Waals surface area contributed by atoms with E-state index in [-0.39, 0.29) is 17.0 Å². The lowest BCUT2D eigenvalue weighted by atomic mass is 9.70. The van der Waals surface area contributed by atoms with Crippen molar-refractivity contribution in [2.75, 3.05) is 0 Å². The normalized spacial score (nSPS) is 44.2. The molecule has 12 heavy (non-hydrogen) atoms. The third-order valence-corrected chi connectivity index (χ3v) is 4.11. The topological polar surface area (TPSA) is 26.3 Å². The molecule has 0 amide bonds. The van der Waals surface area contributed by atoms with Crippen LogP contribution in [0.3, 0.4) is 0 Å². The van der Waals surface area contributed by atoms with Crippen LogP contribution in [-0.4, -0.2) is 11.6 Å². The van der Waals surface area contributed by atoms with Crippen molar-refractivity contribution in [1.82, 2.24) is 0 Å². The van der Waals surface area contributed by atoms with Crippen LogP contribution in [-0.2, 0) is 9.53 Å². The molecule has 0 spiro atoms. The Morgan fingerprint density at radius 3 is 2.67 bits per heavy atom. The summed E-state index contributed by atoms with van der Waals surface area (Å²) in [7, 11) is 0. The van der Waals surface area contributed by atoms with E-state index in [0.29, 0.717) is 12.3 Å². The highest BCUT2D eigenvalue weighted by molar-refractivity contribution is 5.72. The van der Waals surface area contributed by atoms with Gasteiger partial charge in [-0.15, -0.1) is 0 Å². The van der Waals surface area contributed by atoms with Crippen LogP contribution < -0.4 is 0 Å². The molecule has 2 bridgehead atoms. The number of rotatable bonds is 0. The Morgan fingerprint density at radius 2 is 2.08 bits per heavy atom. The van der Waals surface area contributed by atoms with Gasteiger partial charge in [-0.1, -0.05) is 13.8 Å². The zero-order chi connectivity index (χ0) is 8.98. The Labute approximate surface area is 73.3 Å². The summed E-state index contributed by atoms with van der Waals surface area (Å²) in [6.07, 6.45) is 2.81. The standard InChI is InChI=1S/C10H16O2/c1-9(2)7-4-5-10(9,3)12-8(11)6-7/h7H,4-6H2,1-3H3/t7-,10+/m1/s1. The lowest BCUT2D eigenvalue weighted by Gasteiger charge is -2.44. The molecular formula is C10H16O2. The molecule has 0 aromatic heterocycles. The SMILES string of the molecule is CC1(C)[C@@H]2CC[C@]1(C)OC(=O)C2. The predicted octanol–water partition coefficient (Wildman–Crippen LogP) is 2.13. The van der Waals surface area contributed by atoms with E-state index in [2.05, 4.69) is 20.8 Å². The van der Waals surface area contributed by atoms with E-state index in [1.54, 1.807) is 0 Å². The van der Waals surface area contributed by atoms with E-state index in [4.69, 9.17) is 4.74 Å². The van der Waals surface area contributed by atoms with Crippen molar-refractivity contribution >= 4 is 5.97 Å². The molecule has 1 saturated heterocycles. The van der Waals surface area contributed by atoms with Gasteiger partial charge in [0.2, 0.25) is 0 Å². The van der Waals surface area contributed by atoms with Gasteiger partial charge < -0.3 is 4.74 Å². The fourth-order valence-electron chi connectivity index (χ4n) is 2.60. The summed E-state index contributed by atoms with van der Waals surface area (Å²) in [6.45, 7) is 6.51. The summed E-state index contributed by atoms with van der Waals surface area (Å²) in [5.41, 5.74) is -0.00604. The molecule has 2 aliphatic rings. The van der Waals surface area contributed by atoms with Gasteiger partial charge in [0.05, 0.1) is 0 Å². The number of ether oxygens (including phenoxy) is 1. The smallest absolute Gasteiger partial charge is 0.306 e. The molecule has 0 radical (unpaired) electrons. The van der Waals surface area contributed by atoms with Crippen LogP contribution in [0, 0.1) is 11.3 Å². The van der Waals surface area contributed by atoms with Crippen LogP contribution in [0.25, 0.3) is 0 Å². The molecule has 0 N–H and O–H groups in total. The van der Waals surface area contributed by atoms with Crippen molar-refractivity contribution in [3.05, 3.63) is 0 Å². The summed E-state index contributed by atoms with van der Waals surface area (Å²) < 4.78 is 5.44. The molecule has 1 heterocycles. The Morgan fingerprint density at radius 1 is 1.42 bits per heavy atom. The summed E-state index contributed by atoms with van der Waals surface area (Å²) in [5.74, 6) is 0.545. The Hall–Kier alpha value is -0.530. The zero-order valence-electron chi connectivity index (χ0n) is 8.02. The van der Waals surface area contributed by atoms with Gasteiger partial charge in [-0.2, -0.15) is 0 Å². The predicted molar refractivity (Wildman–Crippen MR) is 45.6 cm³/mol. The number of carbonyl (C=O) groups is 1. The quantitative estimate of drug-likeness (QED) is 0.518. The van der Waals surface area contributed by atoms with Crippen molar-refractivity contribution in [3.63, 3.8) is 0 Å². The van der Waals surface area contributed by atoms with Crippen molar-refractivity contribution in [2.24, 2.45) is 11.3 Å². The average Bonchev–Trinajstić information content (AvgIpc) is 2.16. The van der Waals surface area contributed by atoms with E-state index < -0.39 is 0 Å². The minimum atomic E-state index is -0.188. The maximum Gasteiger partial charge on any atom is 0.306 e. The molecule has 2 nitrogen and oxygen atoms in total. The van der Waals surface area contributed by atoms with Crippen molar-refractivity contribution < 1.29 is 9.53 Å². The second-order valence-corrected chi connectivity index (χ2v) is 4.87. The highest BCUT2D eigenvalue weighted by Crippen LogP contribution is 2.56. The first-order valence-corrected chi connectivity index (χ1v) is 4.67. The van der Waals surface area contributed by atoms with Gasteiger partial charge in [-0.3, -0.25) is 4.79 Å². The van der Waals surface area contributed by atoms with Gasteiger partial charge in [0.15, 0.2) is 0 Å². The van der Waals surface area contributed by atoms with Gasteiger partial charge >= 0.3 is 5.97 Å². The highest BCUT2D eigenvalue weighted by atomic mass is 16.6. The van der Waals surface area contributed by atoms with Crippen molar-refractivity contribution in [2.45, 2.75) is 45.6 Å². The van der Waals surface area contributed by atoms with Crippen LogP contribution in [0.2, 0.25) is 0 Å². The fourth-order valence-corrected chi connectivity index (χ4v) is 2.60. The Kier molecular flexibility index (Phi) is 1.37. The lowest BCUT2D eigenvalue weighted by Crippen LogP contribution is -2.48. The van der Waals surface area contributed by atoms with Gasteiger partial charge in [-0.05, 0) is 25.7 Å². The van der Waals surface area contributed by atoms with Crippen LogP contribution >= 0.6 is 0 Å². The lowest BCUT2D eigenvalue weighted by molar-refractivity contribution is -0.182. The van der Waals surface area contributed by atoms with Crippen LogP contribution in [0.1, 0.15) is 40.0 Å². The Bertz CT molecular complexity index is 232. The fraction of sp³-hybridized carbons (Fsp3) is 0.900. The largest absolute Gasteiger partial charge is 0.459 e. The molecular weight excluding hydrogens is 152 g/mol. The highest BCUT2D eigenvalue weighted by Gasteiger charge is 2.57. The summed E-state index contributed by atoms with van der Waals surface area (Å²) in [6, 6.07) is 0. The third kappa shape index (κ3) is 0.782.